The van der Waals surface area contributed by atoms with Gasteiger partial charge in [0, 0.05) is 5.56 Å². The van der Waals surface area contributed by atoms with E-state index in [4.69, 9.17) is 10.3 Å². The van der Waals surface area contributed by atoms with Gasteiger partial charge in [0.25, 0.3) is 0 Å². The normalized spacial score (nSPS) is 13.2. The topological polar surface area (TPSA) is 64.9 Å². The first-order chi connectivity index (χ1) is 8.99. The van der Waals surface area contributed by atoms with E-state index in [1.165, 1.54) is 5.56 Å². The van der Waals surface area contributed by atoms with Crippen LogP contribution in [-0.2, 0) is 0 Å². The molecule has 0 aliphatic rings. The molecular formula is C15H21N3O. The molecule has 1 atom stereocenters. The zero-order chi connectivity index (χ0) is 14.0. The van der Waals surface area contributed by atoms with Crippen molar-refractivity contribution in [3.8, 4) is 11.4 Å². The van der Waals surface area contributed by atoms with E-state index in [1.54, 1.807) is 0 Å². The average molecular weight is 259 g/mol. The molecule has 0 spiro atoms. The maximum absolute atomic E-state index is 6.00. The van der Waals surface area contributed by atoms with Crippen LogP contribution in [0.4, 0.5) is 0 Å². The number of hydrogen-bond acceptors (Lipinski definition) is 4. The quantitative estimate of drug-likeness (QED) is 0.912. The summed E-state index contributed by atoms with van der Waals surface area (Å²) in [4.78, 5) is 4.37. The Morgan fingerprint density at radius 1 is 1.05 bits per heavy atom. The maximum atomic E-state index is 6.00. The molecule has 0 aliphatic carbocycles. The third-order valence-corrected chi connectivity index (χ3v) is 3.28. The summed E-state index contributed by atoms with van der Waals surface area (Å²) >= 11 is 0. The molecule has 4 heteroatoms. The van der Waals surface area contributed by atoms with Crippen LogP contribution >= 0.6 is 0 Å². The smallest absolute Gasteiger partial charge is 0.244 e. The van der Waals surface area contributed by atoms with Crippen LogP contribution in [0.1, 0.15) is 51.1 Å². The van der Waals surface area contributed by atoms with Gasteiger partial charge < -0.3 is 10.3 Å². The predicted octanol–water partition coefficient (Wildman–Crippen LogP) is 3.52. The molecule has 0 fully saturated rings. The minimum absolute atomic E-state index is 0.212. The molecule has 0 saturated carbocycles. The summed E-state index contributed by atoms with van der Waals surface area (Å²) in [6.45, 7) is 8.41. The second-order valence-corrected chi connectivity index (χ2v) is 5.50. The van der Waals surface area contributed by atoms with Gasteiger partial charge in [0.2, 0.25) is 11.7 Å². The molecule has 4 nitrogen and oxygen atoms in total. The summed E-state index contributed by atoms with van der Waals surface area (Å²) in [6, 6.07) is 8.02. The molecule has 1 aromatic carbocycles. The summed E-state index contributed by atoms with van der Waals surface area (Å²) in [5.41, 5.74) is 8.25. The van der Waals surface area contributed by atoms with E-state index >= 15 is 0 Å². The summed E-state index contributed by atoms with van der Waals surface area (Å²) in [5, 5.41) is 4.00. The third kappa shape index (κ3) is 3.01. The van der Waals surface area contributed by atoms with E-state index < -0.39 is 0 Å². The second-order valence-electron chi connectivity index (χ2n) is 5.50. The Morgan fingerprint density at radius 3 is 2.21 bits per heavy atom. The van der Waals surface area contributed by atoms with E-state index in [2.05, 4.69) is 36.1 Å². The Kier molecular flexibility index (Phi) is 4.00. The Hall–Kier alpha value is -1.68. The fourth-order valence-electron chi connectivity index (χ4n) is 1.79. The first-order valence-electron chi connectivity index (χ1n) is 6.68. The highest BCUT2D eigenvalue weighted by Gasteiger charge is 2.18. The van der Waals surface area contributed by atoms with Gasteiger partial charge in [0.05, 0.1) is 6.04 Å². The van der Waals surface area contributed by atoms with Gasteiger partial charge in [0.1, 0.15) is 0 Å². The highest BCUT2D eigenvalue weighted by atomic mass is 16.5. The fourth-order valence-corrected chi connectivity index (χ4v) is 1.79. The molecule has 2 aromatic rings. The van der Waals surface area contributed by atoms with Crippen LogP contribution in [0, 0.1) is 5.92 Å². The highest BCUT2D eigenvalue weighted by molar-refractivity contribution is 5.54. The number of nitrogens with two attached hydrogens (primary N) is 1. The van der Waals surface area contributed by atoms with Crippen molar-refractivity contribution in [3.63, 3.8) is 0 Å². The lowest BCUT2D eigenvalue weighted by molar-refractivity contribution is 0.325. The molecule has 2 N–H and O–H groups in total. The third-order valence-electron chi connectivity index (χ3n) is 3.28. The van der Waals surface area contributed by atoms with Gasteiger partial charge in [0.15, 0.2) is 0 Å². The largest absolute Gasteiger partial charge is 0.337 e. The summed E-state index contributed by atoms with van der Waals surface area (Å²) in [7, 11) is 0. The van der Waals surface area contributed by atoms with Gasteiger partial charge in [-0.3, -0.25) is 0 Å². The van der Waals surface area contributed by atoms with E-state index in [-0.39, 0.29) is 12.0 Å². The molecule has 2 rings (SSSR count). The minimum atomic E-state index is -0.212. The van der Waals surface area contributed by atoms with Crippen molar-refractivity contribution in [3.05, 3.63) is 35.7 Å². The van der Waals surface area contributed by atoms with E-state index in [1.807, 2.05) is 26.0 Å². The lowest BCUT2D eigenvalue weighted by Crippen LogP contribution is -2.16. The van der Waals surface area contributed by atoms with Crippen LogP contribution in [0.2, 0.25) is 0 Å². The number of rotatable bonds is 4. The predicted molar refractivity (Wildman–Crippen MR) is 75.6 cm³/mol. The Bertz CT molecular complexity index is 529. The van der Waals surface area contributed by atoms with Crippen molar-refractivity contribution in [1.82, 2.24) is 10.1 Å². The van der Waals surface area contributed by atoms with Crippen LogP contribution < -0.4 is 5.73 Å². The Labute approximate surface area is 114 Å². The van der Waals surface area contributed by atoms with E-state index in [0.717, 1.165) is 5.56 Å². The molecule has 0 amide bonds. The number of hydrogen-bond donors (Lipinski definition) is 1. The van der Waals surface area contributed by atoms with Crippen LogP contribution in [0.3, 0.4) is 0 Å². The van der Waals surface area contributed by atoms with Crippen molar-refractivity contribution in [1.29, 1.82) is 0 Å². The van der Waals surface area contributed by atoms with E-state index in [0.29, 0.717) is 17.6 Å². The molecular weight excluding hydrogens is 238 g/mol. The first-order valence-corrected chi connectivity index (χ1v) is 6.68. The van der Waals surface area contributed by atoms with Crippen molar-refractivity contribution in [2.75, 3.05) is 0 Å². The molecule has 0 aliphatic heterocycles. The SMILES string of the molecule is CC(C)c1ccc(-c2noc([C@H](N)C(C)C)n2)cc1. The lowest BCUT2D eigenvalue weighted by Gasteiger charge is -2.09. The van der Waals surface area contributed by atoms with Crippen molar-refractivity contribution >= 4 is 0 Å². The Balaban J connectivity index is 2.23. The molecule has 0 unspecified atom stereocenters. The molecule has 102 valence electrons. The molecule has 0 bridgehead atoms. The second kappa shape index (κ2) is 5.53. The first kappa shape index (κ1) is 13.7. The number of nitrogens with zero attached hydrogens (tertiary/aromatic N) is 2. The molecule has 1 heterocycles. The van der Waals surface area contributed by atoms with Crippen molar-refractivity contribution in [2.24, 2.45) is 11.7 Å². The van der Waals surface area contributed by atoms with Crippen molar-refractivity contribution < 1.29 is 4.52 Å². The van der Waals surface area contributed by atoms with Gasteiger partial charge in [-0.1, -0.05) is 57.1 Å². The molecule has 1 aromatic heterocycles. The number of aromatic nitrogens is 2. The zero-order valence-corrected chi connectivity index (χ0v) is 11.9. The van der Waals surface area contributed by atoms with Crippen LogP contribution in [0.15, 0.2) is 28.8 Å². The lowest BCUT2D eigenvalue weighted by atomic mass is 10.0. The van der Waals surface area contributed by atoms with E-state index in [9.17, 15) is 0 Å². The Morgan fingerprint density at radius 2 is 1.68 bits per heavy atom. The molecule has 0 radical (unpaired) electrons. The molecule has 19 heavy (non-hydrogen) atoms. The summed E-state index contributed by atoms with van der Waals surface area (Å²) in [5.74, 6) is 1.89. The van der Waals surface area contributed by atoms with Gasteiger partial charge >= 0.3 is 0 Å². The van der Waals surface area contributed by atoms with Crippen LogP contribution in [-0.4, -0.2) is 10.1 Å². The average Bonchev–Trinajstić information content (AvgIpc) is 2.87. The molecule has 0 saturated heterocycles. The van der Waals surface area contributed by atoms with Gasteiger partial charge in [-0.05, 0) is 17.4 Å². The zero-order valence-electron chi connectivity index (χ0n) is 11.9. The number of benzene rings is 1. The minimum Gasteiger partial charge on any atom is -0.337 e. The summed E-state index contributed by atoms with van der Waals surface area (Å²) < 4.78 is 5.23. The maximum Gasteiger partial charge on any atom is 0.244 e. The monoisotopic (exact) mass is 259 g/mol. The fraction of sp³-hybridized carbons (Fsp3) is 0.467. The van der Waals surface area contributed by atoms with Gasteiger partial charge in [-0.2, -0.15) is 4.98 Å². The van der Waals surface area contributed by atoms with Gasteiger partial charge in [-0.15, -0.1) is 0 Å². The van der Waals surface area contributed by atoms with Crippen molar-refractivity contribution in [2.45, 2.75) is 39.7 Å². The van der Waals surface area contributed by atoms with Gasteiger partial charge in [-0.25, -0.2) is 0 Å². The summed E-state index contributed by atoms with van der Waals surface area (Å²) in [6.07, 6.45) is 0. The standard InChI is InChI=1S/C15H21N3O/c1-9(2)11-5-7-12(8-6-11)14-17-15(19-18-14)13(16)10(3)4/h5-10,13H,16H2,1-4H3/t13-/m1/s1. The highest BCUT2D eigenvalue weighted by Crippen LogP contribution is 2.23. The van der Waals surface area contributed by atoms with Crippen LogP contribution in [0.25, 0.3) is 11.4 Å². The van der Waals surface area contributed by atoms with Crippen LogP contribution in [0.5, 0.6) is 0 Å².